The normalized spacial score (nSPS) is 20.1. The van der Waals surface area contributed by atoms with Crippen LogP contribution in [0.5, 0.6) is 0 Å². The topological polar surface area (TPSA) is 68.0 Å². The first kappa shape index (κ1) is 17.1. The van der Waals surface area contributed by atoms with Crippen LogP contribution in [-0.2, 0) is 26.9 Å². The van der Waals surface area contributed by atoms with Gasteiger partial charge >= 0.3 is 0 Å². The largest absolute Gasteiger partial charge is 0.355 e. The maximum atomic E-state index is 12.9. The Morgan fingerprint density at radius 3 is 2.73 bits per heavy atom. The number of fused-ring (bicyclic) bond motifs is 1. The van der Waals surface area contributed by atoms with Gasteiger partial charge in [-0.15, -0.1) is 0 Å². The van der Waals surface area contributed by atoms with Crippen molar-refractivity contribution < 1.29 is 4.79 Å². The van der Waals surface area contributed by atoms with Crippen molar-refractivity contribution in [1.29, 1.82) is 0 Å². The number of carbonyl (C=O) groups excluding carboxylic acids is 1. The van der Waals surface area contributed by atoms with Gasteiger partial charge in [0.2, 0.25) is 0 Å². The molecule has 1 atom stereocenters. The third-order valence-electron chi connectivity index (χ3n) is 5.64. The zero-order valence-corrected chi connectivity index (χ0v) is 16.0. The summed E-state index contributed by atoms with van der Waals surface area (Å²) in [5.41, 5.74) is 4.05. The summed E-state index contributed by atoms with van der Waals surface area (Å²) in [4.78, 5) is 15.2. The zero-order chi connectivity index (χ0) is 18.3. The summed E-state index contributed by atoms with van der Waals surface area (Å²) in [6, 6.07) is 2.26. The van der Waals surface area contributed by atoms with E-state index in [1.807, 2.05) is 30.4 Å². The van der Waals surface area contributed by atoms with Gasteiger partial charge in [-0.3, -0.25) is 14.2 Å². The zero-order valence-electron chi connectivity index (χ0n) is 16.0. The molecule has 2 aromatic rings. The Morgan fingerprint density at radius 2 is 1.96 bits per heavy atom. The van der Waals surface area contributed by atoms with Crippen molar-refractivity contribution in [2.24, 2.45) is 14.1 Å². The molecule has 1 amide bonds. The van der Waals surface area contributed by atoms with Crippen LogP contribution in [0.15, 0.2) is 6.07 Å². The number of aryl methyl sites for hydroxylation is 3. The molecule has 0 spiro atoms. The number of anilines is 1. The van der Waals surface area contributed by atoms with Crippen LogP contribution in [-0.4, -0.2) is 44.6 Å². The fourth-order valence-electron chi connectivity index (χ4n) is 4.40. The van der Waals surface area contributed by atoms with Crippen molar-refractivity contribution in [2.75, 3.05) is 18.0 Å². The number of carbonyl (C=O) groups is 1. The quantitative estimate of drug-likeness (QED) is 0.910. The summed E-state index contributed by atoms with van der Waals surface area (Å²) in [6.45, 7) is 3.83. The molecule has 7 nitrogen and oxygen atoms in total. The van der Waals surface area contributed by atoms with E-state index in [-0.39, 0.29) is 11.9 Å². The van der Waals surface area contributed by atoms with Crippen LogP contribution in [0.2, 0.25) is 0 Å². The van der Waals surface area contributed by atoms with Crippen molar-refractivity contribution in [1.82, 2.24) is 24.9 Å². The molecule has 0 bridgehead atoms. The lowest BCUT2D eigenvalue weighted by Crippen LogP contribution is -2.48. The Labute approximate surface area is 154 Å². The van der Waals surface area contributed by atoms with E-state index in [2.05, 4.69) is 26.5 Å². The average Bonchev–Trinajstić information content (AvgIpc) is 3.15. The molecule has 1 fully saturated rings. The maximum Gasteiger partial charge on any atom is 0.272 e. The van der Waals surface area contributed by atoms with Crippen LogP contribution in [0, 0.1) is 6.92 Å². The van der Waals surface area contributed by atoms with E-state index in [1.54, 1.807) is 0 Å². The number of hydrogen-bond acceptors (Lipinski definition) is 4. The highest BCUT2D eigenvalue weighted by atomic mass is 16.2. The fraction of sp³-hybridized carbons (Fsp3) is 0.632. The predicted octanol–water partition coefficient (Wildman–Crippen LogP) is 1.74. The van der Waals surface area contributed by atoms with Crippen LogP contribution in [0.1, 0.15) is 53.1 Å². The monoisotopic (exact) mass is 356 g/mol. The second-order valence-electron chi connectivity index (χ2n) is 7.63. The molecule has 26 heavy (non-hydrogen) atoms. The SMILES string of the molecule is Cc1cc(N2CCCC(NC(=O)c3nn(C)c4c3CCCC4)C2)n(C)n1. The van der Waals surface area contributed by atoms with Crippen molar-refractivity contribution in [3.63, 3.8) is 0 Å². The molecule has 1 N–H and O–H groups in total. The summed E-state index contributed by atoms with van der Waals surface area (Å²) < 4.78 is 3.82. The van der Waals surface area contributed by atoms with Crippen LogP contribution in [0.3, 0.4) is 0 Å². The molecule has 2 aliphatic rings. The lowest BCUT2D eigenvalue weighted by atomic mass is 9.95. The molecular weight excluding hydrogens is 328 g/mol. The Bertz CT molecular complexity index is 820. The van der Waals surface area contributed by atoms with Crippen LogP contribution >= 0.6 is 0 Å². The van der Waals surface area contributed by atoms with E-state index in [4.69, 9.17) is 0 Å². The second-order valence-corrected chi connectivity index (χ2v) is 7.63. The van der Waals surface area contributed by atoms with Crippen LogP contribution in [0.4, 0.5) is 5.82 Å². The molecule has 140 valence electrons. The van der Waals surface area contributed by atoms with Crippen molar-refractivity contribution in [3.05, 3.63) is 28.7 Å². The number of hydrogen-bond donors (Lipinski definition) is 1. The first-order valence-electron chi connectivity index (χ1n) is 9.64. The highest BCUT2D eigenvalue weighted by Gasteiger charge is 2.28. The lowest BCUT2D eigenvalue weighted by molar-refractivity contribution is 0.0926. The number of amides is 1. The van der Waals surface area contributed by atoms with Gasteiger partial charge in [-0.1, -0.05) is 0 Å². The summed E-state index contributed by atoms with van der Waals surface area (Å²) in [7, 11) is 3.93. The molecule has 1 unspecified atom stereocenters. The third kappa shape index (κ3) is 3.10. The highest BCUT2D eigenvalue weighted by Crippen LogP contribution is 2.25. The van der Waals surface area contributed by atoms with Crippen LogP contribution in [0.25, 0.3) is 0 Å². The molecule has 1 aliphatic heterocycles. The van der Waals surface area contributed by atoms with Crippen molar-refractivity contribution in [3.8, 4) is 0 Å². The number of aromatic nitrogens is 4. The fourth-order valence-corrected chi connectivity index (χ4v) is 4.40. The molecule has 0 aromatic carbocycles. The summed E-state index contributed by atoms with van der Waals surface area (Å²) in [6.07, 6.45) is 6.41. The van der Waals surface area contributed by atoms with Crippen molar-refractivity contribution >= 4 is 11.7 Å². The minimum Gasteiger partial charge on any atom is -0.355 e. The van der Waals surface area contributed by atoms with Gasteiger partial charge in [0.1, 0.15) is 5.82 Å². The molecule has 2 aromatic heterocycles. The predicted molar refractivity (Wildman–Crippen MR) is 100 cm³/mol. The van der Waals surface area contributed by atoms with E-state index in [9.17, 15) is 4.79 Å². The molecule has 7 heteroatoms. The Morgan fingerprint density at radius 1 is 1.15 bits per heavy atom. The van der Waals surface area contributed by atoms with E-state index in [0.717, 1.165) is 62.3 Å². The number of nitrogens with one attached hydrogen (secondary N) is 1. The number of rotatable bonds is 3. The number of piperidine rings is 1. The average molecular weight is 356 g/mol. The molecule has 0 radical (unpaired) electrons. The third-order valence-corrected chi connectivity index (χ3v) is 5.64. The minimum absolute atomic E-state index is 0.0169. The maximum absolute atomic E-state index is 12.9. The molecule has 3 heterocycles. The van der Waals surface area contributed by atoms with Crippen LogP contribution < -0.4 is 10.2 Å². The van der Waals surface area contributed by atoms with Gasteiger partial charge in [-0.25, -0.2) is 0 Å². The van der Waals surface area contributed by atoms with E-state index < -0.39 is 0 Å². The standard InChI is InChI=1S/C19H28N6O/c1-13-11-17(24(3)21-13)25-10-6-7-14(12-25)20-19(26)18-15-8-4-5-9-16(15)23(2)22-18/h11,14H,4-10,12H2,1-3H3,(H,20,26). The van der Waals surface area contributed by atoms with Gasteiger partial charge in [0.25, 0.3) is 5.91 Å². The first-order chi connectivity index (χ1) is 12.5. The van der Waals surface area contributed by atoms with E-state index in [1.165, 1.54) is 12.1 Å². The summed E-state index contributed by atoms with van der Waals surface area (Å²) >= 11 is 0. The highest BCUT2D eigenvalue weighted by molar-refractivity contribution is 5.94. The van der Waals surface area contributed by atoms with Gasteiger partial charge in [0, 0.05) is 50.6 Å². The van der Waals surface area contributed by atoms with E-state index in [0.29, 0.717) is 5.69 Å². The molecule has 4 rings (SSSR count). The molecule has 1 saturated heterocycles. The lowest BCUT2D eigenvalue weighted by Gasteiger charge is -2.34. The molecule has 1 aliphatic carbocycles. The minimum atomic E-state index is -0.0169. The van der Waals surface area contributed by atoms with Gasteiger partial charge in [-0.05, 0) is 45.4 Å². The van der Waals surface area contributed by atoms with Gasteiger partial charge in [-0.2, -0.15) is 10.2 Å². The molecule has 0 saturated carbocycles. The smallest absolute Gasteiger partial charge is 0.272 e. The number of nitrogens with zero attached hydrogens (tertiary/aromatic N) is 5. The second kappa shape index (κ2) is 6.78. The summed E-state index contributed by atoms with van der Waals surface area (Å²) in [5.74, 6) is 1.11. The first-order valence-corrected chi connectivity index (χ1v) is 9.64. The Hall–Kier alpha value is -2.31. The van der Waals surface area contributed by atoms with Crippen molar-refractivity contribution in [2.45, 2.75) is 51.5 Å². The Kier molecular flexibility index (Phi) is 4.46. The van der Waals surface area contributed by atoms with E-state index >= 15 is 0 Å². The van der Waals surface area contributed by atoms with Gasteiger partial charge in [0.05, 0.1) is 5.69 Å². The molecular formula is C19H28N6O. The Balaban J connectivity index is 1.47. The van der Waals surface area contributed by atoms with Gasteiger partial charge < -0.3 is 10.2 Å². The van der Waals surface area contributed by atoms with Gasteiger partial charge in [0.15, 0.2) is 5.69 Å². The summed E-state index contributed by atoms with van der Waals surface area (Å²) in [5, 5.41) is 12.2.